The molecule has 0 atom stereocenters. The van der Waals surface area contributed by atoms with Crippen molar-refractivity contribution in [1.29, 1.82) is 0 Å². The van der Waals surface area contributed by atoms with Gasteiger partial charge in [0.2, 0.25) is 0 Å². The van der Waals surface area contributed by atoms with Crippen LogP contribution in [0.1, 0.15) is 22.5 Å². The van der Waals surface area contributed by atoms with Gasteiger partial charge in [-0.05, 0) is 43.7 Å². The Morgan fingerprint density at radius 2 is 1.69 bits per heavy atom. The highest BCUT2D eigenvalue weighted by Crippen LogP contribution is 2.21. The zero-order valence-corrected chi connectivity index (χ0v) is 19.6. The van der Waals surface area contributed by atoms with E-state index in [2.05, 4.69) is 33.7 Å². The molecule has 0 spiro atoms. The first kappa shape index (κ1) is 22.7. The summed E-state index contributed by atoms with van der Waals surface area (Å²) in [5.41, 5.74) is 4.51. The molecule has 2 N–H and O–H groups in total. The Labute approximate surface area is 189 Å². The van der Waals surface area contributed by atoms with Crippen LogP contribution in [0.4, 0.5) is 0 Å². The highest BCUT2D eigenvalue weighted by atomic mass is 127. The van der Waals surface area contributed by atoms with Gasteiger partial charge in [-0.2, -0.15) is 5.10 Å². The lowest BCUT2D eigenvalue weighted by Gasteiger charge is -2.13. The van der Waals surface area contributed by atoms with Gasteiger partial charge in [-0.1, -0.05) is 30.3 Å². The van der Waals surface area contributed by atoms with Crippen molar-refractivity contribution in [3.8, 4) is 11.5 Å². The predicted octanol–water partition coefficient (Wildman–Crippen LogP) is 4.31. The van der Waals surface area contributed by atoms with Crippen LogP contribution in [0.3, 0.4) is 0 Å². The average molecular weight is 505 g/mol. The van der Waals surface area contributed by atoms with Crippen LogP contribution >= 0.6 is 24.0 Å². The highest BCUT2D eigenvalue weighted by Gasteiger charge is 2.09. The number of aryl methyl sites for hydroxylation is 2. The summed E-state index contributed by atoms with van der Waals surface area (Å²) >= 11 is 0. The first-order valence-electron chi connectivity index (χ1n) is 9.32. The SMILES string of the molecule is CN=C(NCc1cccc(Oc2ccccc2)c1)NCc1c(C)nn(C)c1C.I. The van der Waals surface area contributed by atoms with Crippen molar-refractivity contribution in [3.05, 3.63) is 77.1 Å². The van der Waals surface area contributed by atoms with Crippen LogP contribution in [0.25, 0.3) is 0 Å². The number of benzene rings is 2. The van der Waals surface area contributed by atoms with E-state index in [4.69, 9.17) is 4.74 Å². The highest BCUT2D eigenvalue weighted by molar-refractivity contribution is 14.0. The minimum absolute atomic E-state index is 0. The number of aliphatic imine (C=N–C) groups is 1. The third kappa shape index (κ3) is 6.22. The molecule has 2 aromatic carbocycles. The summed E-state index contributed by atoms with van der Waals surface area (Å²) in [6.07, 6.45) is 0. The number of nitrogens with zero attached hydrogens (tertiary/aromatic N) is 3. The molecule has 0 saturated heterocycles. The quantitative estimate of drug-likeness (QED) is 0.298. The van der Waals surface area contributed by atoms with E-state index in [1.54, 1.807) is 7.05 Å². The average Bonchev–Trinajstić information content (AvgIpc) is 2.95. The second-order valence-electron chi connectivity index (χ2n) is 6.61. The number of nitrogens with one attached hydrogen (secondary N) is 2. The van der Waals surface area contributed by atoms with Gasteiger partial charge in [0.25, 0.3) is 0 Å². The lowest BCUT2D eigenvalue weighted by atomic mass is 10.2. The Hall–Kier alpha value is -2.55. The van der Waals surface area contributed by atoms with Crippen LogP contribution in [0.15, 0.2) is 59.6 Å². The number of guanidine groups is 1. The molecule has 0 amide bonds. The van der Waals surface area contributed by atoms with Crippen molar-refractivity contribution < 1.29 is 4.74 Å². The van der Waals surface area contributed by atoms with E-state index < -0.39 is 0 Å². The van der Waals surface area contributed by atoms with Crippen LogP contribution in [-0.2, 0) is 20.1 Å². The standard InChI is InChI=1S/C22H27N5O.HI/c1-16-21(17(2)27(4)26-16)15-25-22(23-3)24-14-18-9-8-12-20(13-18)28-19-10-6-5-7-11-19;/h5-13H,14-15H2,1-4H3,(H2,23,24,25);1H. The second kappa shape index (κ2) is 10.8. The van der Waals surface area contributed by atoms with Gasteiger partial charge < -0.3 is 15.4 Å². The Morgan fingerprint density at radius 3 is 2.34 bits per heavy atom. The van der Waals surface area contributed by atoms with Crippen molar-refractivity contribution in [1.82, 2.24) is 20.4 Å². The van der Waals surface area contributed by atoms with E-state index in [0.717, 1.165) is 34.4 Å². The Bertz CT molecular complexity index is 953. The maximum Gasteiger partial charge on any atom is 0.191 e. The minimum atomic E-state index is 0. The number of aromatic nitrogens is 2. The van der Waals surface area contributed by atoms with Gasteiger partial charge in [0.15, 0.2) is 5.96 Å². The summed E-state index contributed by atoms with van der Waals surface area (Å²) < 4.78 is 7.81. The Balaban J connectivity index is 0.00000300. The molecule has 3 rings (SSSR count). The maximum atomic E-state index is 5.90. The summed E-state index contributed by atoms with van der Waals surface area (Å²) in [6.45, 7) is 5.43. The molecule has 1 aromatic heterocycles. The molecular formula is C22H28IN5O. The zero-order chi connectivity index (χ0) is 19.9. The van der Waals surface area contributed by atoms with Crippen LogP contribution in [0.5, 0.6) is 11.5 Å². The van der Waals surface area contributed by atoms with Crippen LogP contribution < -0.4 is 15.4 Å². The first-order valence-corrected chi connectivity index (χ1v) is 9.32. The number of hydrogen-bond acceptors (Lipinski definition) is 3. The number of hydrogen-bond donors (Lipinski definition) is 2. The third-order valence-electron chi connectivity index (χ3n) is 4.65. The molecule has 0 aliphatic heterocycles. The summed E-state index contributed by atoms with van der Waals surface area (Å²) in [5, 5.41) is 11.2. The van der Waals surface area contributed by atoms with E-state index in [0.29, 0.717) is 13.1 Å². The van der Waals surface area contributed by atoms with Crippen LogP contribution in [0.2, 0.25) is 0 Å². The number of ether oxygens (including phenoxy) is 1. The number of rotatable bonds is 6. The molecule has 29 heavy (non-hydrogen) atoms. The first-order chi connectivity index (χ1) is 13.6. The molecule has 0 aliphatic rings. The molecule has 0 radical (unpaired) electrons. The Kier molecular flexibility index (Phi) is 8.50. The fraction of sp³-hybridized carbons (Fsp3) is 0.273. The number of halogens is 1. The minimum Gasteiger partial charge on any atom is -0.457 e. The van der Waals surface area contributed by atoms with Gasteiger partial charge in [-0.25, -0.2) is 0 Å². The lowest BCUT2D eigenvalue weighted by Crippen LogP contribution is -2.36. The van der Waals surface area contributed by atoms with Gasteiger partial charge >= 0.3 is 0 Å². The van der Waals surface area contributed by atoms with E-state index >= 15 is 0 Å². The monoisotopic (exact) mass is 505 g/mol. The molecule has 7 heteroatoms. The van der Waals surface area contributed by atoms with E-state index in [1.165, 1.54) is 5.56 Å². The summed E-state index contributed by atoms with van der Waals surface area (Å²) in [4.78, 5) is 4.31. The van der Waals surface area contributed by atoms with Crippen molar-refractivity contribution in [2.45, 2.75) is 26.9 Å². The molecule has 154 valence electrons. The largest absolute Gasteiger partial charge is 0.457 e. The number of para-hydroxylation sites is 1. The summed E-state index contributed by atoms with van der Waals surface area (Å²) in [7, 11) is 3.73. The van der Waals surface area contributed by atoms with Crippen molar-refractivity contribution in [2.75, 3.05) is 7.05 Å². The second-order valence-corrected chi connectivity index (χ2v) is 6.61. The molecule has 3 aromatic rings. The van der Waals surface area contributed by atoms with Gasteiger partial charge in [-0.3, -0.25) is 9.67 Å². The zero-order valence-electron chi connectivity index (χ0n) is 17.3. The van der Waals surface area contributed by atoms with Crippen LogP contribution in [0, 0.1) is 13.8 Å². The van der Waals surface area contributed by atoms with Crippen molar-refractivity contribution in [2.24, 2.45) is 12.0 Å². The molecular weight excluding hydrogens is 477 g/mol. The van der Waals surface area contributed by atoms with E-state index in [-0.39, 0.29) is 24.0 Å². The van der Waals surface area contributed by atoms with E-state index in [1.807, 2.05) is 67.2 Å². The van der Waals surface area contributed by atoms with Gasteiger partial charge in [-0.15, -0.1) is 24.0 Å². The van der Waals surface area contributed by atoms with Gasteiger partial charge in [0.1, 0.15) is 11.5 Å². The third-order valence-corrected chi connectivity index (χ3v) is 4.65. The smallest absolute Gasteiger partial charge is 0.191 e. The molecule has 0 aliphatic carbocycles. The van der Waals surface area contributed by atoms with Crippen molar-refractivity contribution in [3.63, 3.8) is 0 Å². The summed E-state index contributed by atoms with van der Waals surface area (Å²) in [5.74, 6) is 2.39. The fourth-order valence-corrected chi connectivity index (χ4v) is 3.00. The molecule has 0 bridgehead atoms. The van der Waals surface area contributed by atoms with Gasteiger partial charge in [0.05, 0.1) is 5.69 Å². The predicted molar refractivity (Wildman–Crippen MR) is 128 cm³/mol. The molecule has 0 fully saturated rings. The van der Waals surface area contributed by atoms with E-state index in [9.17, 15) is 0 Å². The fourth-order valence-electron chi connectivity index (χ4n) is 3.00. The normalized spacial score (nSPS) is 11.0. The summed E-state index contributed by atoms with van der Waals surface area (Å²) in [6, 6.07) is 17.8. The molecule has 0 unspecified atom stereocenters. The lowest BCUT2D eigenvalue weighted by molar-refractivity contribution is 0.482. The molecule has 0 saturated carbocycles. The van der Waals surface area contributed by atoms with Crippen molar-refractivity contribution >= 4 is 29.9 Å². The molecule has 1 heterocycles. The Morgan fingerprint density at radius 1 is 1.00 bits per heavy atom. The van der Waals surface area contributed by atoms with Gasteiger partial charge in [0, 0.05) is 38.4 Å². The van der Waals surface area contributed by atoms with Crippen LogP contribution in [-0.4, -0.2) is 22.8 Å². The molecule has 6 nitrogen and oxygen atoms in total. The topological polar surface area (TPSA) is 63.5 Å². The maximum absolute atomic E-state index is 5.90.